The van der Waals surface area contributed by atoms with Gasteiger partial charge in [-0.15, -0.1) is 0 Å². The number of carbonyl (C=O) groups excluding carboxylic acids is 2. The molecule has 6 nitrogen and oxygen atoms in total. The number of nitrogens with zero attached hydrogens (tertiary/aromatic N) is 1. The van der Waals surface area contributed by atoms with Gasteiger partial charge in [-0.3, -0.25) is 4.48 Å². The number of hydrogen-bond acceptors (Lipinski definition) is 5. The van der Waals surface area contributed by atoms with E-state index < -0.39 is 18.2 Å². The van der Waals surface area contributed by atoms with Crippen molar-refractivity contribution in [2.45, 2.75) is 25.7 Å². The second-order valence-corrected chi connectivity index (χ2v) is 7.01. The van der Waals surface area contributed by atoms with Crippen LogP contribution in [0.25, 0.3) is 0 Å². The Hall–Kier alpha value is -2.86. The summed E-state index contributed by atoms with van der Waals surface area (Å²) in [5, 5.41) is 10.9. The summed E-state index contributed by atoms with van der Waals surface area (Å²) in [5.41, 5.74) is 0.971. The van der Waals surface area contributed by atoms with E-state index in [1.165, 1.54) is 24.3 Å². The molecule has 1 heterocycles. The highest BCUT2D eigenvalue weighted by Crippen LogP contribution is 2.25. The second kappa shape index (κ2) is 8.22. The van der Waals surface area contributed by atoms with Crippen LogP contribution in [0.5, 0.6) is 5.75 Å². The molecule has 0 aromatic heterocycles. The summed E-state index contributed by atoms with van der Waals surface area (Å²) in [6.45, 7) is 1.83. The summed E-state index contributed by atoms with van der Waals surface area (Å²) < 4.78 is 11.9. The van der Waals surface area contributed by atoms with Gasteiger partial charge in [-0.2, -0.15) is 0 Å². The Morgan fingerprint density at radius 3 is 2.26 bits per heavy atom. The molecule has 2 aromatic rings. The molecule has 6 heteroatoms. The van der Waals surface area contributed by atoms with Gasteiger partial charge in [0.05, 0.1) is 26.1 Å². The van der Waals surface area contributed by atoms with Crippen molar-refractivity contribution in [3.8, 4) is 5.75 Å². The molecule has 0 N–H and O–H groups in total. The maximum absolute atomic E-state index is 12.8. The van der Waals surface area contributed by atoms with E-state index in [1.807, 2.05) is 37.4 Å². The normalized spacial score (nSPS) is 16.5. The van der Waals surface area contributed by atoms with Crippen LogP contribution in [0.3, 0.4) is 0 Å². The number of likely N-dealkylation sites (N-methyl/N-ethyl adjacent to an activating group) is 1. The Labute approximate surface area is 158 Å². The molecule has 2 aromatic carbocycles. The van der Waals surface area contributed by atoms with Crippen molar-refractivity contribution in [1.82, 2.24) is 0 Å². The molecule has 0 spiro atoms. The first-order chi connectivity index (χ1) is 13.0. The number of hydrogen-bond donors (Lipinski definition) is 0. The van der Waals surface area contributed by atoms with Gasteiger partial charge >= 0.3 is 12.2 Å². The van der Waals surface area contributed by atoms with Gasteiger partial charge in [0.1, 0.15) is 12.4 Å². The van der Waals surface area contributed by atoms with Crippen LogP contribution < -0.4 is 9.84 Å². The van der Waals surface area contributed by atoms with E-state index >= 15 is 0 Å². The molecule has 0 saturated carbocycles. The van der Waals surface area contributed by atoms with E-state index in [-0.39, 0.29) is 12.2 Å². The van der Waals surface area contributed by atoms with Crippen molar-refractivity contribution in [2.75, 3.05) is 20.1 Å². The van der Waals surface area contributed by atoms with Crippen LogP contribution >= 0.6 is 0 Å². The largest absolute Gasteiger partial charge is 0.545 e. The van der Waals surface area contributed by atoms with Crippen molar-refractivity contribution in [3.63, 3.8) is 0 Å². The number of ether oxygens (including phenoxy) is 2. The number of rotatable bonds is 7. The van der Waals surface area contributed by atoms with Crippen molar-refractivity contribution >= 4 is 11.9 Å². The van der Waals surface area contributed by atoms with Crippen molar-refractivity contribution in [2.24, 2.45) is 0 Å². The summed E-state index contributed by atoms with van der Waals surface area (Å²) in [7, 11) is 1.98. The van der Waals surface area contributed by atoms with Crippen molar-refractivity contribution in [1.29, 1.82) is 0 Å². The molecule has 0 radical (unpaired) electrons. The number of likely N-dealkylation sites (tertiary alicyclic amines) is 1. The second-order valence-electron chi connectivity index (χ2n) is 7.01. The lowest BCUT2D eigenvalue weighted by molar-refractivity contribution is -0.930. The summed E-state index contributed by atoms with van der Waals surface area (Å²) in [4.78, 5) is 23.7. The fraction of sp³-hybridized carbons (Fsp3) is 0.333. The van der Waals surface area contributed by atoms with Crippen LogP contribution in [0.4, 0.5) is 0 Å². The number of carboxylic acids is 1. The minimum atomic E-state index is -1.25. The molecule has 0 bridgehead atoms. The molecule has 142 valence electrons. The van der Waals surface area contributed by atoms with Gasteiger partial charge in [-0.1, -0.05) is 30.3 Å². The summed E-state index contributed by atoms with van der Waals surface area (Å²) in [6.07, 6.45) is 1.24. The van der Waals surface area contributed by atoms with Crippen LogP contribution in [0.15, 0.2) is 54.6 Å². The van der Waals surface area contributed by atoms with Crippen LogP contribution in [0, 0.1) is 0 Å². The molecule has 0 aliphatic carbocycles. The molecule has 0 amide bonds. The van der Waals surface area contributed by atoms with Gasteiger partial charge in [-0.25, -0.2) is 4.79 Å². The maximum atomic E-state index is 12.8. The SMILES string of the molecule is C[N+]1(C(Oc2ccc(C(=O)[O-])cc2)C(=O)OCc2ccccc2)CCCC1. The third kappa shape index (κ3) is 4.65. The topological polar surface area (TPSA) is 75.7 Å². The van der Waals surface area contributed by atoms with Crippen LogP contribution in [-0.2, 0) is 16.1 Å². The molecule has 3 rings (SSSR count). The standard InChI is InChI=1S/C21H23NO5/c1-22(13-5-6-14-22)19(21(25)26-15-16-7-3-2-4-8-16)27-18-11-9-17(10-12-18)20(23)24/h2-4,7-12,19H,5-6,13-15H2,1H3. The highest BCUT2D eigenvalue weighted by atomic mass is 16.6. The molecule has 1 unspecified atom stereocenters. The van der Waals surface area contributed by atoms with Gasteiger partial charge in [-0.05, 0) is 35.4 Å². The van der Waals surface area contributed by atoms with Crippen LogP contribution in [-0.4, -0.2) is 42.8 Å². The van der Waals surface area contributed by atoms with E-state index in [0.717, 1.165) is 31.5 Å². The minimum Gasteiger partial charge on any atom is -0.545 e. The zero-order valence-corrected chi connectivity index (χ0v) is 15.3. The lowest BCUT2D eigenvalue weighted by Gasteiger charge is -2.35. The lowest BCUT2D eigenvalue weighted by Crippen LogP contribution is -2.57. The third-order valence-electron chi connectivity index (χ3n) is 4.92. The first-order valence-electron chi connectivity index (χ1n) is 9.01. The van der Waals surface area contributed by atoms with E-state index in [9.17, 15) is 14.7 Å². The number of carbonyl (C=O) groups is 2. The summed E-state index contributed by atoms with van der Waals surface area (Å²) in [5.74, 6) is -1.25. The summed E-state index contributed by atoms with van der Waals surface area (Å²) in [6, 6.07) is 15.4. The third-order valence-corrected chi connectivity index (χ3v) is 4.92. The molecular formula is C21H23NO5. The Kier molecular flexibility index (Phi) is 5.76. The van der Waals surface area contributed by atoms with E-state index in [4.69, 9.17) is 9.47 Å². The number of esters is 1. The van der Waals surface area contributed by atoms with E-state index in [1.54, 1.807) is 0 Å². The molecule has 1 atom stereocenters. The lowest BCUT2D eigenvalue weighted by atomic mass is 10.2. The van der Waals surface area contributed by atoms with E-state index in [0.29, 0.717) is 10.2 Å². The molecule has 1 aliphatic rings. The first-order valence-corrected chi connectivity index (χ1v) is 9.01. The minimum absolute atomic E-state index is 0.0622. The van der Waals surface area contributed by atoms with Crippen LogP contribution in [0.2, 0.25) is 0 Å². The predicted octanol–water partition coefficient (Wildman–Crippen LogP) is 1.74. The smallest absolute Gasteiger partial charge is 0.408 e. The monoisotopic (exact) mass is 369 g/mol. The Balaban J connectivity index is 1.74. The first kappa shape index (κ1) is 18.9. The van der Waals surface area contributed by atoms with Gasteiger partial charge in [0, 0.05) is 12.8 Å². The number of carboxylic acid groups (broad SMARTS) is 1. The average molecular weight is 369 g/mol. The fourth-order valence-corrected chi connectivity index (χ4v) is 3.32. The molecule has 1 fully saturated rings. The van der Waals surface area contributed by atoms with Crippen molar-refractivity contribution in [3.05, 3.63) is 65.7 Å². The zero-order chi connectivity index (χ0) is 19.3. The maximum Gasteiger partial charge on any atom is 0.408 e. The average Bonchev–Trinajstić information content (AvgIpc) is 3.13. The Bertz CT molecular complexity index is 782. The van der Waals surface area contributed by atoms with Crippen LogP contribution in [0.1, 0.15) is 28.8 Å². The number of quaternary nitrogens is 1. The molecule has 1 saturated heterocycles. The number of benzene rings is 2. The fourth-order valence-electron chi connectivity index (χ4n) is 3.32. The molecule has 1 aliphatic heterocycles. The van der Waals surface area contributed by atoms with Gasteiger partial charge in [0.25, 0.3) is 0 Å². The summed E-state index contributed by atoms with van der Waals surface area (Å²) >= 11 is 0. The zero-order valence-electron chi connectivity index (χ0n) is 15.3. The Morgan fingerprint density at radius 1 is 1.04 bits per heavy atom. The van der Waals surface area contributed by atoms with Gasteiger partial charge in [0.2, 0.25) is 0 Å². The van der Waals surface area contributed by atoms with E-state index in [2.05, 4.69) is 0 Å². The Morgan fingerprint density at radius 2 is 1.67 bits per heavy atom. The highest BCUT2D eigenvalue weighted by molar-refractivity contribution is 5.85. The number of aromatic carboxylic acids is 1. The van der Waals surface area contributed by atoms with Gasteiger partial charge in [0.15, 0.2) is 0 Å². The molecular weight excluding hydrogens is 346 g/mol. The van der Waals surface area contributed by atoms with Gasteiger partial charge < -0.3 is 19.4 Å². The quantitative estimate of drug-likeness (QED) is 0.549. The van der Waals surface area contributed by atoms with Crippen molar-refractivity contribution < 1.29 is 28.7 Å². The molecule has 27 heavy (non-hydrogen) atoms. The predicted molar refractivity (Wildman–Crippen MR) is 96.6 cm³/mol. The highest BCUT2D eigenvalue weighted by Gasteiger charge is 2.44.